The Bertz CT molecular complexity index is 990. The van der Waals surface area contributed by atoms with Crippen molar-refractivity contribution in [1.29, 1.82) is 0 Å². The fraction of sp³-hybridized carbons (Fsp3) is 0.429. The molecular formula is C21H25N5O2. The molecule has 7 nitrogen and oxygen atoms in total. The summed E-state index contributed by atoms with van der Waals surface area (Å²) >= 11 is 0. The van der Waals surface area contributed by atoms with Gasteiger partial charge in [-0.3, -0.25) is 4.79 Å². The minimum atomic E-state index is -0.400. The van der Waals surface area contributed by atoms with Crippen molar-refractivity contribution >= 4 is 22.8 Å². The van der Waals surface area contributed by atoms with Gasteiger partial charge in [0, 0.05) is 18.7 Å². The number of likely N-dealkylation sites (tertiary alicyclic amines) is 1. The number of carbonyl (C=O) groups is 1. The third-order valence-electron chi connectivity index (χ3n) is 5.15. The van der Waals surface area contributed by atoms with Crippen molar-refractivity contribution in [3.63, 3.8) is 0 Å². The van der Waals surface area contributed by atoms with Crippen molar-refractivity contribution in [3.8, 4) is 11.3 Å². The topological polar surface area (TPSA) is 84.2 Å². The lowest BCUT2D eigenvalue weighted by Gasteiger charge is -2.29. The fourth-order valence-electron chi connectivity index (χ4n) is 3.60. The van der Waals surface area contributed by atoms with Crippen molar-refractivity contribution in [2.24, 2.45) is 0 Å². The molecule has 7 heteroatoms. The summed E-state index contributed by atoms with van der Waals surface area (Å²) in [6, 6.07) is 7.66. The van der Waals surface area contributed by atoms with Gasteiger partial charge in [0.25, 0.3) is 0 Å². The van der Waals surface area contributed by atoms with Crippen LogP contribution in [0.2, 0.25) is 0 Å². The number of piperidine rings is 1. The Balaban J connectivity index is 1.64. The summed E-state index contributed by atoms with van der Waals surface area (Å²) in [5, 5.41) is 7.45. The largest absolute Gasteiger partial charge is 0.355 e. The van der Waals surface area contributed by atoms with E-state index in [0.717, 1.165) is 31.5 Å². The van der Waals surface area contributed by atoms with Gasteiger partial charge in [0.1, 0.15) is 23.1 Å². The average Bonchev–Trinajstić information content (AvgIpc) is 3.12. The second-order valence-corrected chi connectivity index (χ2v) is 7.45. The molecule has 0 spiro atoms. The summed E-state index contributed by atoms with van der Waals surface area (Å²) in [5.41, 5.74) is 3.91. The van der Waals surface area contributed by atoms with Crippen LogP contribution in [0.1, 0.15) is 37.6 Å². The van der Waals surface area contributed by atoms with Crippen LogP contribution in [0.5, 0.6) is 0 Å². The second kappa shape index (κ2) is 7.58. The lowest BCUT2D eigenvalue weighted by molar-refractivity contribution is -0.132. The third kappa shape index (κ3) is 3.56. The van der Waals surface area contributed by atoms with Crippen LogP contribution in [0.4, 0.5) is 5.82 Å². The van der Waals surface area contributed by atoms with E-state index in [-0.39, 0.29) is 5.91 Å². The van der Waals surface area contributed by atoms with Gasteiger partial charge in [-0.2, -0.15) is 0 Å². The number of hydrogen-bond acceptors (Lipinski definition) is 6. The standard InChI is InChI=1S/C21H25N5O2/c1-13-7-9-16(10-8-13)17-18-19(28-25-17)20(24-15(3)23-18)22-14(2)21(27)26-11-5-4-6-12-26/h7-10,14H,4-6,11-12H2,1-3H3,(H,22,23,24)/t14-/m1/s1. The van der Waals surface area contributed by atoms with E-state index in [1.54, 1.807) is 0 Å². The number of nitrogens with one attached hydrogen (secondary N) is 1. The maximum atomic E-state index is 12.8. The quantitative estimate of drug-likeness (QED) is 0.744. The van der Waals surface area contributed by atoms with Gasteiger partial charge in [-0.05, 0) is 40.0 Å². The molecule has 1 N–H and O–H groups in total. The molecule has 1 aliphatic rings. The van der Waals surface area contributed by atoms with Crippen molar-refractivity contribution in [2.75, 3.05) is 18.4 Å². The molecule has 1 amide bonds. The number of aryl methyl sites for hydroxylation is 2. The molecule has 3 heterocycles. The molecule has 1 aromatic carbocycles. The Kier molecular flexibility index (Phi) is 4.98. The van der Waals surface area contributed by atoms with Crippen LogP contribution in [0.15, 0.2) is 28.8 Å². The molecule has 0 radical (unpaired) electrons. The molecule has 146 valence electrons. The number of nitrogens with zero attached hydrogens (tertiary/aromatic N) is 4. The number of amides is 1. The zero-order valence-electron chi connectivity index (χ0n) is 16.5. The molecule has 1 aliphatic heterocycles. The van der Waals surface area contributed by atoms with Crippen LogP contribution in [0.3, 0.4) is 0 Å². The van der Waals surface area contributed by atoms with Crippen LogP contribution >= 0.6 is 0 Å². The smallest absolute Gasteiger partial charge is 0.244 e. The molecule has 1 saturated heterocycles. The average molecular weight is 379 g/mol. The van der Waals surface area contributed by atoms with E-state index in [2.05, 4.69) is 20.4 Å². The molecule has 28 heavy (non-hydrogen) atoms. The summed E-state index contributed by atoms with van der Waals surface area (Å²) < 4.78 is 5.58. The van der Waals surface area contributed by atoms with Gasteiger partial charge in [0.2, 0.25) is 11.5 Å². The van der Waals surface area contributed by atoms with Crippen molar-refractivity contribution in [3.05, 3.63) is 35.7 Å². The maximum absolute atomic E-state index is 12.8. The van der Waals surface area contributed by atoms with E-state index in [1.807, 2.05) is 49.9 Å². The Morgan fingerprint density at radius 1 is 1.11 bits per heavy atom. The van der Waals surface area contributed by atoms with Gasteiger partial charge in [0.15, 0.2) is 5.82 Å². The first-order valence-electron chi connectivity index (χ1n) is 9.79. The Morgan fingerprint density at radius 2 is 1.82 bits per heavy atom. The maximum Gasteiger partial charge on any atom is 0.244 e. The highest BCUT2D eigenvalue weighted by Crippen LogP contribution is 2.30. The Hall–Kier alpha value is -2.96. The Labute approximate surface area is 164 Å². The van der Waals surface area contributed by atoms with Crippen LogP contribution in [0.25, 0.3) is 22.4 Å². The van der Waals surface area contributed by atoms with Crippen LogP contribution < -0.4 is 5.32 Å². The number of rotatable bonds is 4. The Morgan fingerprint density at radius 3 is 2.54 bits per heavy atom. The molecule has 1 atom stereocenters. The number of hydrogen-bond donors (Lipinski definition) is 1. The highest BCUT2D eigenvalue weighted by Gasteiger charge is 2.25. The number of aromatic nitrogens is 3. The van der Waals surface area contributed by atoms with E-state index in [9.17, 15) is 4.79 Å². The predicted molar refractivity (Wildman–Crippen MR) is 108 cm³/mol. The van der Waals surface area contributed by atoms with E-state index >= 15 is 0 Å². The van der Waals surface area contributed by atoms with Gasteiger partial charge in [-0.1, -0.05) is 35.0 Å². The van der Waals surface area contributed by atoms with Crippen molar-refractivity contribution in [1.82, 2.24) is 20.0 Å². The van der Waals surface area contributed by atoms with Crippen LogP contribution in [-0.2, 0) is 4.79 Å². The lowest BCUT2D eigenvalue weighted by atomic mass is 10.1. The monoisotopic (exact) mass is 379 g/mol. The van der Waals surface area contributed by atoms with Gasteiger partial charge in [0.05, 0.1) is 0 Å². The predicted octanol–water partition coefficient (Wildman–Crippen LogP) is 3.71. The summed E-state index contributed by atoms with van der Waals surface area (Å²) in [7, 11) is 0. The summed E-state index contributed by atoms with van der Waals surface area (Å²) in [6.07, 6.45) is 3.33. The second-order valence-electron chi connectivity index (χ2n) is 7.45. The number of anilines is 1. The lowest BCUT2D eigenvalue weighted by Crippen LogP contribution is -2.44. The van der Waals surface area contributed by atoms with Crippen LogP contribution in [0, 0.1) is 13.8 Å². The van der Waals surface area contributed by atoms with E-state index in [1.165, 1.54) is 12.0 Å². The normalized spacial score (nSPS) is 15.6. The molecule has 0 unspecified atom stereocenters. The van der Waals surface area contributed by atoms with E-state index < -0.39 is 6.04 Å². The van der Waals surface area contributed by atoms with Crippen molar-refractivity contribution < 1.29 is 9.32 Å². The minimum absolute atomic E-state index is 0.0855. The number of carbonyl (C=O) groups excluding carboxylic acids is 1. The fourth-order valence-corrected chi connectivity index (χ4v) is 3.60. The molecule has 0 aliphatic carbocycles. The third-order valence-corrected chi connectivity index (χ3v) is 5.15. The summed E-state index contributed by atoms with van der Waals surface area (Å²) in [6.45, 7) is 7.37. The minimum Gasteiger partial charge on any atom is -0.355 e. The number of benzene rings is 1. The number of fused-ring (bicyclic) bond motifs is 1. The first kappa shape index (κ1) is 18.4. The van der Waals surface area contributed by atoms with E-state index in [0.29, 0.717) is 28.4 Å². The van der Waals surface area contributed by atoms with Gasteiger partial charge < -0.3 is 14.7 Å². The summed E-state index contributed by atoms with van der Waals surface area (Å²) in [4.78, 5) is 23.7. The highest BCUT2D eigenvalue weighted by atomic mass is 16.5. The summed E-state index contributed by atoms with van der Waals surface area (Å²) in [5.74, 6) is 1.19. The van der Waals surface area contributed by atoms with Crippen molar-refractivity contribution in [2.45, 2.75) is 46.1 Å². The van der Waals surface area contributed by atoms with Crippen LogP contribution in [-0.4, -0.2) is 45.1 Å². The first-order chi connectivity index (χ1) is 13.5. The molecule has 1 fully saturated rings. The molecule has 0 bridgehead atoms. The molecule has 2 aromatic heterocycles. The molecule has 0 saturated carbocycles. The highest BCUT2D eigenvalue weighted by molar-refractivity contribution is 5.95. The van der Waals surface area contributed by atoms with Gasteiger partial charge >= 0.3 is 0 Å². The zero-order valence-corrected chi connectivity index (χ0v) is 16.5. The van der Waals surface area contributed by atoms with Gasteiger partial charge in [-0.15, -0.1) is 0 Å². The molecule has 3 aromatic rings. The first-order valence-corrected chi connectivity index (χ1v) is 9.79. The molecular weight excluding hydrogens is 354 g/mol. The van der Waals surface area contributed by atoms with Gasteiger partial charge in [-0.25, -0.2) is 9.97 Å². The van der Waals surface area contributed by atoms with E-state index in [4.69, 9.17) is 4.52 Å². The molecule has 4 rings (SSSR count). The SMILES string of the molecule is Cc1ccc(-c2noc3c(N[C@H](C)C(=O)N4CCCCC4)nc(C)nc23)cc1. The zero-order chi connectivity index (χ0) is 19.7.